The molecule has 0 spiro atoms. The highest BCUT2D eigenvalue weighted by Crippen LogP contribution is 2.25. The molecule has 21 heavy (non-hydrogen) atoms. The highest BCUT2D eigenvalue weighted by atomic mass is 16.5. The van der Waals surface area contributed by atoms with Gasteiger partial charge < -0.3 is 14.6 Å². The molecule has 1 aliphatic rings. The van der Waals surface area contributed by atoms with Crippen molar-refractivity contribution in [2.24, 2.45) is 0 Å². The molecule has 4 heteroatoms. The van der Waals surface area contributed by atoms with Crippen LogP contribution in [0.4, 0.5) is 0 Å². The van der Waals surface area contributed by atoms with Gasteiger partial charge in [-0.1, -0.05) is 6.07 Å². The van der Waals surface area contributed by atoms with Gasteiger partial charge in [-0.2, -0.15) is 0 Å². The Bertz CT molecular complexity index is 684. The number of hydrogen-bond donors (Lipinski definition) is 1. The Hall–Kier alpha value is -2.23. The highest BCUT2D eigenvalue weighted by molar-refractivity contribution is 5.96. The van der Waals surface area contributed by atoms with Gasteiger partial charge in [0.1, 0.15) is 5.75 Å². The molecule has 2 aromatic rings. The quantitative estimate of drug-likeness (QED) is 0.938. The van der Waals surface area contributed by atoms with Crippen LogP contribution >= 0.6 is 0 Å². The van der Waals surface area contributed by atoms with Crippen LogP contribution < -0.4 is 10.1 Å². The van der Waals surface area contributed by atoms with Crippen molar-refractivity contribution in [1.29, 1.82) is 0 Å². The van der Waals surface area contributed by atoms with Crippen LogP contribution in [0.3, 0.4) is 0 Å². The fourth-order valence-electron chi connectivity index (χ4n) is 2.63. The van der Waals surface area contributed by atoms with Crippen molar-refractivity contribution >= 4 is 5.91 Å². The third-order valence-corrected chi connectivity index (χ3v) is 3.90. The smallest absolute Gasteiger partial charge is 0.253 e. The third-order valence-electron chi connectivity index (χ3n) is 3.90. The van der Waals surface area contributed by atoms with Crippen molar-refractivity contribution in [3.8, 4) is 11.4 Å². The van der Waals surface area contributed by atoms with Crippen molar-refractivity contribution < 1.29 is 9.53 Å². The van der Waals surface area contributed by atoms with Crippen LogP contribution in [0.5, 0.6) is 5.75 Å². The summed E-state index contributed by atoms with van der Waals surface area (Å²) in [6.07, 6.45) is 2.20. The molecule has 1 N–H and O–H groups in total. The van der Waals surface area contributed by atoms with Crippen LogP contribution in [0.25, 0.3) is 5.69 Å². The number of rotatable bonds is 4. The Morgan fingerprint density at radius 2 is 2.05 bits per heavy atom. The molecule has 0 atom stereocenters. The number of aromatic nitrogens is 1. The molecule has 1 aliphatic carbocycles. The maximum Gasteiger partial charge on any atom is 0.253 e. The van der Waals surface area contributed by atoms with Crippen LogP contribution in [-0.4, -0.2) is 23.6 Å². The topological polar surface area (TPSA) is 43.3 Å². The van der Waals surface area contributed by atoms with E-state index in [1.807, 2.05) is 44.2 Å². The number of aryl methyl sites for hydroxylation is 1. The zero-order valence-electron chi connectivity index (χ0n) is 12.6. The number of benzene rings is 1. The first-order chi connectivity index (χ1) is 10.1. The predicted molar refractivity (Wildman–Crippen MR) is 82.3 cm³/mol. The van der Waals surface area contributed by atoms with Gasteiger partial charge in [-0.25, -0.2) is 0 Å². The summed E-state index contributed by atoms with van der Waals surface area (Å²) in [6, 6.07) is 10.2. The van der Waals surface area contributed by atoms with Gasteiger partial charge in [0, 0.05) is 29.2 Å². The summed E-state index contributed by atoms with van der Waals surface area (Å²) in [7, 11) is 1.66. The van der Waals surface area contributed by atoms with E-state index in [1.54, 1.807) is 7.11 Å². The first kappa shape index (κ1) is 13.7. The zero-order chi connectivity index (χ0) is 15.0. The number of hydrogen-bond acceptors (Lipinski definition) is 2. The highest BCUT2D eigenvalue weighted by Gasteiger charge is 2.25. The molecule has 4 nitrogen and oxygen atoms in total. The van der Waals surface area contributed by atoms with Crippen molar-refractivity contribution in [2.75, 3.05) is 7.11 Å². The minimum atomic E-state index is 0.0275. The number of nitrogens with one attached hydrogen (secondary N) is 1. The first-order valence-corrected chi connectivity index (χ1v) is 7.24. The summed E-state index contributed by atoms with van der Waals surface area (Å²) in [4.78, 5) is 12.3. The summed E-state index contributed by atoms with van der Waals surface area (Å²) in [5.74, 6) is 0.837. The largest absolute Gasteiger partial charge is 0.497 e. The van der Waals surface area contributed by atoms with Gasteiger partial charge >= 0.3 is 0 Å². The maximum absolute atomic E-state index is 12.3. The molecule has 3 rings (SSSR count). The Morgan fingerprint density at radius 1 is 1.29 bits per heavy atom. The summed E-state index contributed by atoms with van der Waals surface area (Å²) in [5.41, 5.74) is 3.76. The van der Waals surface area contributed by atoms with Gasteiger partial charge in [0.25, 0.3) is 5.91 Å². The van der Waals surface area contributed by atoms with E-state index in [0.717, 1.165) is 41.2 Å². The second-order valence-corrected chi connectivity index (χ2v) is 5.57. The summed E-state index contributed by atoms with van der Waals surface area (Å²) in [5, 5.41) is 3.05. The SMILES string of the molecule is COc1cccc(-n2c(C)cc(C(=O)NC3CC3)c2C)c1. The lowest BCUT2D eigenvalue weighted by molar-refractivity contribution is 0.0950. The van der Waals surface area contributed by atoms with Gasteiger partial charge in [-0.05, 0) is 44.9 Å². The van der Waals surface area contributed by atoms with Crippen LogP contribution in [0.2, 0.25) is 0 Å². The van der Waals surface area contributed by atoms with E-state index < -0.39 is 0 Å². The lowest BCUT2D eigenvalue weighted by Crippen LogP contribution is -2.25. The average molecular weight is 284 g/mol. The molecule has 1 saturated carbocycles. The molecule has 0 saturated heterocycles. The fraction of sp³-hybridized carbons (Fsp3) is 0.353. The van der Waals surface area contributed by atoms with E-state index in [2.05, 4.69) is 9.88 Å². The Labute approximate surface area is 124 Å². The molecule has 0 unspecified atom stereocenters. The fourth-order valence-corrected chi connectivity index (χ4v) is 2.63. The number of carbonyl (C=O) groups is 1. The van der Waals surface area contributed by atoms with Crippen LogP contribution in [0.1, 0.15) is 34.6 Å². The minimum absolute atomic E-state index is 0.0275. The zero-order valence-corrected chi connectivity index (χ0v) is 12.6. The number of methoxy groups -OCH3 is 1. The number of nitrogens with zero attached hydrogens (tertiary/aromatic N) is 1. The molecular weight excluding hydrogens is 264 g/mol. The lowest BCUT2D eigenvalue weighted by Gasteiger charge is -2.11. The maximum atomic E-state index is 12.3. The van der Waals surface area contributed by atoms with Crippen LogP contribution in [-0.2, 0) is 0 Å². The number of amides is 1. The normalized spacial score (nSPS) is 14.0. The second kappa shape index (κ2) is 5.28. The first-order valence-electron chi connectivity index (χ1n) is 7.24. The molecule has 1 aromatic heterocycles. The number of carbonyl (C=O) groups excluding carboxylic acids is 1. The molecule has 0 bridgehead atoms. The molecular formula is C17H20N2O2. The molecule has 1 fully saturated rings. The molecule has 110 valence electrons. The summed E-state index contributed by atoms with van der Waals surface area (Å²) < 4.78 is 7.37. The van der Waals surface area contributed by atoms with Crippen molar-refractivity contribution in [3.63, 3.8) is 0 Å². The summed E-state index contributed by atoms with van der Waals surface area (Å²) >= 11 is 0. The minimum Gasteiger partial charge on any atom is -0.497 e. The van der Waals surface area contributed by atoms with Crippen LogP contribution in [0.15, 0.2) is 30.3 Å². The van der Waals surface area contributed by atoms with Gasteiger partial charge in [-0.3, -0.25) is 4.79 Å². The van der Waals surface area contributed by atoms with E-state index in [-0.39, 0.29) is 5.91 Å². The Kier molecular flexibility index (Phi) is 3.45. The van der Waals surface area contributed by atoms with Gasteiger partial charge in [0.05, 0.1) is 12.7 Å². The Balaban J connectivity index is 1.98. The van der Waals surface area contributed by atoms with Crippen molar-refractivity contribution in [1.82, 2.24) is 9.88 Å². The average Bonchev–Trinajstić information content (AvgIpc) is 3.23. The van der Waals surface area contributed by atoms with Crippen LogP contribution in [0, 0.1) is 13.8 Å². The molecule has 1 heterocycles. The third kappa shape index (κ3) is 2.66. The molecule has 0 radical (unpaired) electrons. The molecule has 0 aliphatic heterocycles. The van der Waals surface area contributed by atoms with Gasteiger partial charge in [0.15, 0.2) is 0 Å². The molecule has 1 aromatic carbocycles. The van der Waals surface area contributed by atoms with Crippen molar-refractivity contribution in [2.45, 2.75) is 32.7 Å². The van der Waals surface area contributed by atoms with E-state index in [4.69, 9.17) is 4.74 Å². The van der Waals surface area contributed by atoms with E-state index in [0.29, 0.717) is 6.04 Å². The standard InChI is InChI=1S/C17H20N2O2/c1-11-9-16(17(20)18-13-7-8-13)12(2)19(11)14-5-4-6-15(10-14)21-3/h4-6,9-10,13H,7-8H2,1-3H3,(H,18,20). The number of ether oxygens (including phenoxy) is 1. The van der Waals surface area contributed by atoms with Crippen molar-refractivity contribution in [3.05, 3.63) is 47.3 Å². The second-order valence-electron chi connectivity index (χ2n) is 5.57. The monoisotopic (exact) mass is 284 g/mol. The summed E-state index contributed by atoms with van der Waals surface area (Å²) in [6.45, 7) is 3.99. The van der Waals surface area contributed by atoms with E-state index in [9.17, 15) is 4.79 Å². The van der Waals surface area contributed by atoms with Gasteiger partial charge in [0.2, 0.25) is 0 Å². The Morgan fingerprint density at radius 3 is 2.71 bits per heavy atom. The van der Waals surface area contributed by atoms with E-state index >= 15 is 0 Å². The lowest BCUT2D eigenvalue weighted by atomic mass is 10.2. The van der Waals surface area contributed by atoms with Gasteiger partial charge in [-0.15, -0.1) is 0 Å². The molecule has 1 amide bonds. The van der Waals surface area contributed by atoms with E-state index in [1.165, 1.54) is 0 Å². The predicted octanol–water partition coefficient (Wildman–Crippen LogP) is 2.99.